The Balaban J connectivity index is 2.94. The van der Waals surface area contributed by atoms with Gasteiger partial charge in [-0.1, -0.05) is 19.4 Å². The summed E-state index contributed by atoms with van der Waals surface area (Å²) in [5.41, 5.74) is 6.81. The van der Waals surface area contributed by atoms with Crippen LogP contribution in [0.15, 0.2) is 25.2 Å². The van der Waals surface area contributed by atoms with E-state index in [2.05, 4.69) is 45.7 Å². The van der Waals surface area contributed by atoms with Crippen molar-refractivity contribution in [2.75, 3.05) is 6.54 Å². The SMILES string of the molecule is CC(C)/C(=C\c1cc(Br)c(Br)o1)CN. The van der Waals surface area contributed by atoms with Gasteiger partial charge in [-0.3, -0.25) is 0 Å². The van der Waals surface area contributed by atoms with E-state index in [9.17, 15) is 0 Å². The Morgan fingerprint density at radius 3 is 2.57 bits per heavy atom. The quantitative estimate of drug-likeness (QED) is 0.919. The van der Waals surface area contributed by atoms with Crippen LogP contribution in [-0.2, 0) is 0 Å². The van der Waals surface area contributed by atoms with Crippen molar-refractivity contribution < 1.29 is 4.42 Å². The van der Waals surface area contributed by atoms with Gasteiger partial charge in [0.15, 0.2) is 4.67 Å². The van der Waals surface area contributed by atoms with Gasteiger partial charge in [0.1, 0.15) is 5.76 Å². The molecule has 2 nitrogen and oxygen atoms in total. The zero-order valence-corrected chi connectivity index (χ0v) is 11.4. The molecule has 0 aliphatic carbocycles. The van der Waals surface area contributed by atoms with E-state index >= 15 is 0 Å². The average Bonchev–Trinajstić information content (AvgIpc) is 2.41. The van der Waals surface area contributed by atoms with Gasteiger partial charge >= 0.3 is 0 Å². The van der Waals surface area contributed by atoms with Crippen molar-refractivity contribution in [3.63, 3.8) is 0 Å². The summed E-state index contributed by atoms with van der Waals surface area (Å²) in [4.78, 5) is 0. The van der Waals surface area contributed by atoms with Crippen molar-refractivity contribution >= 4 is 37.9 Å². The number of halogens is 2. The largest absolute Gasteiger partial charge is 0.449 e. The highest BCUT2D eigenvalue weighted by atomic mass is 79.9. The van der Waals surface area contributed by atoms with Gasteiger partial charge in [-0.05, 0) is 49.9 Å². The molecule has 14 heavy (non-hydrogen) atoms. The highest BCUT2D eigenvalue weighted by molar-refractivity contribution is 9.13. The van der Waals surface area contributed by atoms with Gasteiger partial charge in [0.05, 0.1) is 4.47 Å². The lowest BCUT2D eigenvalue weighted by atomic mass is 10.0. The Bertz CT molecular complexity index is 322. The fraction of sp³-hybridized carbons (Fsp3) is 0.400. The Labute approximate surface area is 101 Å². The maximum absolute atomic E-state index is 5.63. The van der Waals surface area contributed by atoms with Gasteiger partial charge in [-0.15, -0.1) is 0 Å². The molecule has 1 rings (SSSR count). The summed E-state index contributed by atoms with van der Waals surface area (Å²) in [7, 11) is 0. The van der Waals surface area contributed by atoms with Gasteiger partial charge in [0, 0.05) is 6.54 Å². The molecule has 0 bridgehead atoms. The molecule has 4 heteroatoms. The van der Waals surface area contributed by atoms with Crippen LogP contribution in [0.3, 0.4) is 0 Å². The molecule has 1 aromatic heterocycles. The molecule has 0 aliphatic heterocycles. The second-order valence-corrected chi connectivity index (χ2v) is 4.92. The van der Waals surface area contributed by atoms with Gasteiger partial charge in [-0.2, -0.15) is 0 Å². The van der Waals surface area contributed by atoms with E-state index in [0.29, 0.717) is 17.1 Å². The molecule has 78 valence electrons. The van der Waals surface area contributed by atoms with E-state index in [4.69, 9.17) is 10.2 Å². The molecule has 0 fully saturated rings. The van der Waals surface area contributed by atoms with Crippen LogP contribution in [0, 0.1) is 5.92 Å². The maximum Gasteiger partial charge on any atom is 0.184 e. The van der Waals surface area contributed by atoms with E-state index < -0.39 is 0 Å². The van der Waals surface area contributed by atoms with Crippen molar-refractivity contribution in [1.82, 2.24) is 0 Å². The monoisotopic (exact) mass is 321 g/mol. The molecule has 0 unspecified atom stereocenters. The molecule has 2 N–H and O–H groups in total. The standard InChI is InChI=1S/C10H13Br2NO/c1-6(2)7(5-13)3-8-4-9(11)10(12)14-8/h3-4,6H,5,13H2,1-2H3/b7-3-. The smallest absolute Gasteiger partial charge is 0.184 e. The predicted molar refractivity (Wildman–Crippen MR) is 66.0 cm³/mol. The Hall–Kier alpha value is -0.0600. The van der Waals surface area contributed by atoms with Crippen molar-refractivity contribution in [3.8, 4) is 0 Å². The lowest BCUT2D eigenvalue weighted by Crippen LogP contribution is -2.07. The predicted octanol–water partition coefficient (Wildman–Crippen LogP) is 3.80. The molecule has 1 heterocycles. The number of nitrogens with two attached hydrogens (primary N) is 1. The molecule has 0 amide bonds. The van der Waals surface area contributed by atoms with Crippen LogP contribution in [0.1, 0.15) is 19.6 Å². The highest BCUT2D eigenvalue weighted by Crippen LogP contribution is 2.28. The van der Waals surface area contributed by atoms with Crippen molar-refractivity contribution in [3.05, 3.63) is 26.5 Å². The summed E-state index contributed by atoms with van der Waals surface area (Å²) in [6.45, 7) is 4.80. The normalized spacial score (nSPS) is 12.6. The Morgan fingerprint density at radius 2 is 2.21 bits per heavy atom. The molecular formula is C10H13Br2NO. The molecule has 0 saturated carbocycles. The fourth-order valence-corrected chi connectivity index (χ4v) is 1.69. The summed E-state index contributed by atoms with van der Waals surface area (Å²) >= 11 is 6.65. The number of rotatable bonds is 3. The molecule has 0 atom stereocenters. The first kappa shape index (κ1) is 12.0. The lowest BCUT2D eigenvalue weighted by Gasteiger charge is -2.06. The summed E-state index contributed by atoms with van der Waals surface area (Å²) in [5, 5.41) is 0. The molecule has 0 aromatic carbocycles. The van der Waals surface area contributed by atoms with Crippen molar-refractivity contribution in [2.45, 2.75) is 13.8 Å². The Morgan fingerprint density at radius 1 is 1.57 bits per heavy atom. The van der Waals surface area contributed by atoms with E-state index in [1.165, 1.54) is 5.57 Å². The third-order valence-corrected chi connectivity index (χ3v) is 3.68. The Kier molecular flexibility index (Phi) is 4.41. The van der Waals surface area contributed by atoms with Crippen LogP contribution in [0.5, 0.6) is 0 Å². The summed E-state index contributed by atoms with van der Waals surface area (Å²) in [5.74, 6) is 1.26. The molecule has 0 aliphatic rings. The van der Waals surface area contributed by atoms with Gasteiger partial charge in [-0.25, -0.2) is 0 Å². The summed E-state index contributed by atoms with van der Waals surface area (Å²) in [6, 6.07) is 1.92. The zero-order chi connectivity index (χ0) is 10.7. The van der Waals surface area contributed by atoms with E-state index in [0.717, 1.165) is 10.2 Å². The van der Waals surface area contributed by atoms with Crippen LogP contribution < -0.4 is 5.73 Å². The number of hydrogen-bond acceptors (Lipinski definition) is 2. The summed E-state index contributed by atoms with van der Waals surface area (Å²) < 4.78 is 7.07. The number of furan rings is 1. The number of hydrogen-bond donors (Lipinski definition) is 1. The van der Waals surface area contributed by atoms with Crippen LogP contribution in [0.2, 0.25) is 0 Å². The van der Waals surface area contributed by atoms with Crippen LogP contribution in [0.25, 0.3) is 6.08 Å². The van der Waals surface area contributed by atoms with E-state index in [1.54, 1.807) is 0 Å². The molecular weight excluding hydrogens is 310 g/mol. The summed E-state index contributed by atoms with van der Waals surface area (Å²) in [6.07, 6.45) is 1.99. The molecule has 0 radical (unpaired) electrons. The highest BCUT2D eigenvalue weighted by Gasteiger charge is 2.06. The van der Waals surface area contributed by atoms with Gasteiger partial charge in [0.2, 0.25) is 0 Å². The molecule has 0 spiro atoms. The second-order valence-electron chi connectivity index (χ2n) is 3.35. The average molecular weight is 323 g/mol. The minimum absolute atomic E-state index is 0.447. The topological polar surface area (TPSA) is 39.2 Å². The first-order valence-electron chi connectivity index (χ1n) is 4.40. The van der Waals surface area contributed by atoms with E-state index in [-0.39, 0.29) is 0 Å². The third-order valence-electron chi connectivity index (χ3n) is 1.97. The van der Waals surface area contributed by atoms with Crippen LogP contribution >= 0.6 is 31.9 Å². The first-order chi connectivity index (χ1) is 6.54. The maximum atomic E-state index is 5.63. The third kappa shape index (κ3) is 2.97. The van der Waals surface area contributed by atoms with Crippen LogP contribution in [-0.4, -0.2) is 6.54 Å². The van der Waals surface area contributed by atoms with Gasteiger partial charge < -0.3 is 10.2 Å². The fourth-order valence-electron chi connectivity index (χ4n) is 1.08. The van der Waals surface area contributed by atoms with Gasteiger partial charge in [0.25, 0.3) is 0 Å². The van der Waals surface area contributed by atoms with Crippen molar-refractivity contribution in [2.24, 2.45) is 11.7 Å². The molecule has 0 saturated heterocycles. The van der Waals surface area contributed by atoms with Crippen LogP contribution in [0.4, 0.5) is 0 Å². The molecule has 1 aromatic rings. The van der Waals surface area contributed by atoms with Crippen molar-refractivity contribution in [1.29, 1.82) is 0 Å². The first-order valence-corrected chi connectivity index (χ1v) is 5.98. The minimum Gasteiger partial charge on any atom is -0.449 e. The van der Waals surface area contributed by atoms with E-state index in [1.807, 2.05) is 12.1 Å². The minimum atomic E-state index is 0.447. The zero-order valence-electron chi connectivity index (χ0n) is 8.18. The lowest BCUT2D eigenvalue weighted by molar-refractivity contribution is 0.528. The second kappa shape index (κ2) is 5.14.